The normalized spacial score (nSPS) is 12.4. The Hall–Kier alpha value is -2.63. The lowest BCUT2D eigenvalue weighted by molar-refractivity contribution is -0.167. The minimum absolute atomic E-state index is 0.0822. The third-order valence-electron chi connectivity index (χ3n) is 10.3. The first-order valence-corrected chi connectivity index (χ1v) is 24.1. The summed E-state index contributed by atoms with van der Waals surface area (Å²) in [5.41, 5.74) is 0. The number of rotatable bonds is 43. The summed E-state index contributed by atoms with van der Waals surface area (Å²) in [6, 6.07) is 0. The van der Waals surface area contributed by atoms with Gasteiger partial charge < -0.3 is 14.2 Å². The van der Waals surface area contributed by atoms with Crippen molar-refractivity contribution in [3.8, 4) is 0 Å². The number of ether oxygens (including phenoxy) is 3. The highest BCUT2D eigenvalue weighted by Gasteiger charge is 2.19. The molecular formula is C51H90O6. The molecule has 0 aliphatic heterocycles. The van der Waals surface area contributed by atoms with Gasteiger partial charge in [-0.25, -0.2) is 0 Å². The highest BCUT2D eigenvalue weighted by molar-refractivity contribution is 5.71. The maximum Gasteiger partial charge on any atom is 0.306 e. The molecule has 0 radical (unpaired) electrons. The molecule has 0 rings (SSSR count). The van der Waals surface area contributed by atoms with Gasteiger partial charge in [-0.3, -0.25) is 14.4 Å². The Labute approximate surface area is 352 Å². The van der Waals surface area contributed by atoms with E-state index in [0.29, 0.717) is 19.3 Å². The van der Waals surface area contributed by atoms with Crippen LogP contribution in [0.4, 0.5) is 0 Å². The second-order valence-electron chi connectivity index (χ2n) is 16.0. The van der Waals surface area contributed by atoms with Gasteiger partial charge in [0.1, 0.15) is 13.2 Å². The average molecular weight is 799 g/mol. The van der Waals surface area contributed by atoms with Gasteiger partial charge in [0, 0.05) is 19.3 Å². The van der Waals surface area contributed by atoms with Gasteiger partial charge in [-0.1, -0.05) is 185 Å². The summed E-state index contributed by atoms with van der Waals surface area (Å²) in [5.74, 6) is -0.911. The van der Waals surface area contributed by atoms with Crippen molar-refractivity contribution in [3.63, 3.8) is 0 Å². The molecule has 0 bridgehead atoms. The van der Waals surface area contributed by atoms with Crippen LogP contribution in [0.1, 0.15) is 239 Å². The van der Waals surface area contributed by atoms with E-state index in [4.69, 9.17) is 14.2 Å². The third-order valence-corrected chi connectivity index (χ3v) is 10.3. The second-order valence-corrected chi connectivity index (χ2v) is 16.0. The summed E-state index contributed by atoms with van der Waals surface area (Å²) >= 11 is 0. The van der Waals surface area contributed by atoms with Crippen LogP contribution in [0.2, 0.25) is 0 Å². The van der Waals surface area contributed by atoms with Gasteiger partial charge in [-0.05, 0) is 83.5 Å². The Kier molecular flexibility index (Phi) is 43.9. The van der Waals surface area contributed by atoms with Crippen molar-refractivity contribution < 1.29 is 28.6 Å². The van der Waals surface area contributed by atoms with E-state index in [1.165, 1.54) is 96.3 Å². The Balaban J connectivity index is 4.39. The fourth-order valence-corrected chi connectivity index (χ4v) is 6.62. The van der Waals surface area contributed by atoms with Crippen LogP contribution in [-0.2, 0) is 28.6 Å². The summed E-state index contributed by atoms with van der Waals surface area (Å²) in [6.45, 7) is 6.54. The van der Waals surface area contributed by atoms with Crippen LogP contribution in [0.5, 0.6) is 0 Å². The van der Waals surface area contributed by atoms with Crippen LogP contribution >= 0.6 is 0 Å². The first-order chi connectivity index (χ1) is 28.0. The lowest BCUT2D eigenvalue weighted by Gasteiger charge is -2.18. The monoisotopic (exact) mass is 799 g/mol. The highest BCUT2D eigenvalue weighted by Crippen LogP contribution is 2.14. The van der Waals surface area contributed by atoms with E-state index in [-0.39, 0.29) is 31.1 Å². The molecule has 0 saturated heterocycles. The zero-order chi connectivity index (χ0) is 41.5. The molecule has 0 heterocycles. The Morgan fingerprint density at radius 2 is 0.632 bits per heavy atom. The maximum atomic E-state index is 12.7. The van der Waals surface area contributed by atoms with Gasteiger partial charge in [0.15, 0.2) is 6.10 Å². The molecule has 0 saturated carbocycles. The number of carbonyl (C=O) groups excluding carboxylic acids is 3. The van der Waals surface area contributed by atoms with Crippen LogP contribution in [0.15, 0.2) is 48.6 Å². The average Bonchev–Trinajstić information content (AvgIpc) is 3.21. The van der Waals surface area contributed by atoms with Gasteiger partial charge in [-0.15, -0.1) is 0 Å². The van der Waals surface area contributed by atoms with Crippen LogP contribution in [0.25, 0.3) is 0 Å². The Morgan fingerprint density at radius 1 is 0.351 bits per heavy atom. The Morgan fingerprint density at radius 3 is 1.00 bits per heavy atom. The van der Waals surface area contributed by atoms with Gasteiger partial charge in [0.25, 0.3) is 0 Å². The first kappa shape index (κ1) is 54.4. The molecular weight excluding hydrogens is 709 g/mol. The molecule has 0 aliphatic carbocycles. The molecule has 0 N–H and O–H groups in total. The molecule has 0 aromatic rings. The molecule has 6 nitrogen and oxygen atoms in total. The van der Waals surface area contributed by atoms with Crippen LogP contribution in [0, 0.1) is 0 Å². The molecule has 0 fully saturated rings. The predicted molar refractivity (Wildman–Crippen MR) is 242 cm³/mol. The summed E-state index contributed by atoms with van der Waals surface area (Å²) in [4.78, 5) is 37.8. The van der Waals surface area contributed by atoms with Gasteiger partial charge in [-0.2, -0.15) is 0 Å². The molecule has 0 aromatic carbocycles. The number of unbranched alkanes of at least 4 members (excludes halogenated alkanes) is 24. The molecule has 0 aromatic heterocycles. The molecule has 0 unspecified atom stereocenters. The largest absolute Gasteiger partial charge is 0.462 e. The molecule has 57 heavy (non-hydrogen) atoms. The Bertz CT molecular complexity index is 1010. The summed E-state index contributed by atoms with van der Waals surface area (Å²) < 4.78 is 16.7. The SMILES string of the molecule is CCCCC/C=C\C/C=C\CCCCCCCC(=O)OC[C@@H](COC(=O)CCCCCCCCCCC)OC(=O)CCCCCCC/C=C\C/C=C\CCCCC. The van der Waals surface area contributed by atoms with Crippen molar-refractivity contribution in [1.29, 1.82) is 0 Å². The number of hydrogen-bond donors (Lipinski definition) is 0. The smallest absolute Gasteiger partial charge is 0.306 e. The summed E-state index contributed by atoms with van der Waals surface area (Å²) in [7, 11) is 0. The van der Waals surface area contributed by atoms with Crippen molar-refractivity contribution >= 4 is 17.9 Å². The maximum absolute atomic E-state index is 12.7. The summed E-state index contributed by atoms with van der Waals surface area (Å²) in [5, 5.41) is 0. The molecule has 0 aliphatic rings. The van der Waals surface area contributed by atoms with Crippen LogP contribution in [-0.4, -0.2) is 37.2 Å². The quantitative estimate of drug-likeness (QED) is 0.0265. The molecule has 6 heteroatoms. The van der Waals surface area contributed by atoms with Crippen LogP contribution in [0.3, 0.4) is 0 Å². The molecule has 330 valence electrons. The van der Waals surface area contributed by atoms with Crippen molar-refractivity contribution in [2.45, 2.75) is 245 Å². The van der Waals surface area contributed by atoms with E-state index >= 15 is 0 Å². The lowest BCUT2D eigenvalue weighted by atomic mass is 10.1. The minimum Gasteiger partial charge on any atom is -0.462 e. The van der Waals surface area contributed by atoms with Crippen molar-refractivity contribution in [1.82, 2.24) is 0 Å². The molecule has 0 spiro atoms. The number of carbonyl (C=O) groups is 3. The van der Waals surface area contributed by atoms with E-state index in [1.807, 2.05) is 0 Å². The van der Waals surface area contributed by atoms with E-state index in [1.54, 1.807) is 0 Å². The highest BCUT2D eigenvalue weighted by atomic mass is 16.6. The third kappa shape index (κ3) is 44.3. The first-order valence-electron chi connectivity index (χ1n) is 24.1. The standard InChI is InChI=1S/C51H90O6/c1-4-7-10-13-16-19-21-23-25-27-29-32-35-38-41-44-50(53)56-47-48(46-55-49(52)43-40-37-34-31-18-15-12-9-6-3)57-51(54)45-42-39-36-33-30-28-26-24-22-20-17-14-11-8-5-2/h16-17,19-20,23-26,48H,4-15,18,21-22,27-47H2,1-3H3/b19-16-,20-17-,25-23-,26-24-/t48-/m1/s1. The van der Waals surface area contributed by atoms with Crippen LogP contribution < -0.4 is 0 Å². The van der Waals surface area contributed by atoms with Gasteiger partial charge in [0.05, 0.1) is 0 Å². The van der Waals surface area contributed by atoms with Gasteiger partial charge >= 0.3 is 17.9 Å². The lowest BCUT2D eigenvalue weighted by Crippen LogP contribution is -2.30. The van der Waals surface area contributed by atoms with E-state index in [0.717, 1.165) is 103 Å². The zero-order valence-electron chi connectivity index (χ0n) is 37.6. The van der Waals surface area contributed by atoms with Gasteiger partial charge in [0.2, 0.25) is 0 Å². The zero-order valence-corrected chi connectivity index (χ0v) is 37.6. The summed E-state index contributed by atoms with van der Waals surface area (Å²) in [6.07, 6.45) is 53.7. The predicted octanol–water partition coefficient (Wildman–Crippen LogP) is 15.5. The number of hydrogen-bond acceptors (Lipinski definition) is 6. The minimum atomic E-state index is -0.781. The van der Waals surface area contributed by atoms with E-state index < -0.39 is 6.10 Å². The van der Waals surface area contributed by atoms with Crippen molar-refractivity contribution in [3.05, 3.63) is 48.6 Å². The number of allylic oxidation sites excluding steroid dienone is 8. The van der Waals surface area contributed by atoms with E-state index in [9.17, 15) is 14.4 Å². The van der Waals surface area contributed by atoms with Crippen molar-refractivity contribution in [2.75, 3.05) is 13.2 Å². The number of esters is 3. The fourth-order valence-electron chi connectivity index (χ4n) is 6.62. The molecule has 0 amide bonds. The van der Waals surface area contributed by atoms with E-state index in [2.05, 4.69) is 69.4 Å². The second kappa shape index (κ2) is 46.1. The topological polar surface area (TPSA) is 78.9 Å². The fraction of sp³-hybridized carbons (Fsp3) is 0.784. The molecule has 1 atom stereocenters. The van der Waals surface area contributed by atoms with Crippen molar-refractivity contribution in [2.24, 2.45) is 0 Å².